The van der Waals surface area contributed by atoms with Gasteiger partial charge in [0.25, 0.3) is 0 Å². The first kappa shape index (κ1) is 29.8. The fraction of sp³-hybridized carbons (Fsp3) is 0. The van der Waals surface area contributed by atoms with E-state index in [1.54, 1.807) is 36.4 Å². The third-order valence-electron chi connectivity index (χ3n) is 3.34. The van der Waals surface area contributed by atoms with Gasteiger partial charge in [-0.05, 0) is 54.6 Å². The molecule has 32 heavy (non-hydrogen) atoms. The van der Waals surface area contributed by atoms with E-state index in [2.05, 4.69) is 0 Å². The van der Waals surface area contributed by atoms with Crippen molar-refractivity contribution in [2.24, 2.45) is 0 Å². The zero-order valence-corrected chi connectivity index (χ0v) is 21.3. The topological polar surface area (TPSA) is 0 Å². The van der Waals surface area contributed by atoms with E-state index in [9.17, 15) is 21.0 Å². The van der Waals surface area contributed by atoms with Gasteiger partial charge in [0.1, 0.15) is 10.9 Å². The number of benzene rings is 3. The van der Waals surface area contributed by atoms with Gasteiger partial charge in [-0.3, -0.25) is 0 Å². The Morgan fingerprint density at radius 2 is 0.719 bits per heavy atom. The van der Waals surface area contributed by atoms with Crippen molar-refractivity contribution in [1.82, 2.24) is 0 Å². The summed E-state index contributed by atoms with van der Waals surface area (Å²) in [6.07, 6.45) is 0. The molecule has 0 bridgehead atoms. The molecule has 0 aromatic heterocycles. The van der Waals surface area contributed by atoms with Crippen LogP contribution in [0.25, 0.3) is 0 Å². The normalized spacial score (nSPS) is 12.3. The average Bonchev–Trinajstić information content (AvgIpc) is 2.57. The van der Waals surface area contributed by atoms with E-state index in [0.717, 1.165) is 14.7 Å². The first-order chi connectivity index (χ1) is 14.1. The van der Waals surface area contributed by atoms with Crippen molar-refractivity contribution >= 4 is 88.7 Å². The average molecular weight is 615 g/mol. The molecule has 3 aromatic carbocycles. The van der Waals surface area contributed by atoms with Crippen LogP contribution in [0, 0.1) is 0 Å². The van der Waals surface area contributed by atoms with Crippen LogP contribution in [0.3, 0.4) is 0 Å². The molecule has 0 N–H and O–H groups in total. The number of rotatable bonds is 3. The Morgan fingerprint density at radius 1 is 0.500 bits per heavy atom. The van der Waals surface area contributed by atoms with Crippen molar-refractivity contribution < 1.29 is 25.7 Å². The molecule has 0 atom stereocenters. The molecule has 3 aromatic rings. The largest absolute Gasteiger partial charge is 1.00 e. The van der Waals surface area contributed by atoms with E-state index in [1.165, 1.54) is 0 Å². The van der Waals surface area contributed by atoms with Gasteiger partial charge in [0.2, 0.25) is 0 Å². The molecule has 0 nitrogen and oxygen atoms in total. The van der Waals surface area contributed by atoms with Crippen molar-refractivity contribution in [3.8, 4) is 0 Å². The second-order valence-electron chi connectivity index (χ2n) is 5.67. The first-order valence-corrected chi connectivity index (χ1v) is 13.0. The molecule has 0 heterocycles. The van der Waals surface area contributed by atoms with Gasteiger partial charge in [-0.15, -0.1) is 0 Å². The third-order valence-corrected chi connectivity index (χ3v) is 7.71. The summed E-state index contributed by atoms with van der Waals surface area (Å²) in [6, 6.07) is 16.1. The van der Waals surface area contributed by atoms with Crippen molar-refractivity contribution in [3.05, 3.63) is 84.7 Å². The van der Waals surface area contributed by atoms with E-state index >= 15 is 0 Å². The zero-order chi connectivity index (χ0) is 23.6. The molecule has 0 fully saturated rings. The van der Waals surface area contributed by atoms with Crippen LogP contribution in [0.2, 0.25) is 30.1 Å². The van der Waals surface area contributed by atoms with Crippen molar-refractivity contribution in [2.45, 2.75) is 14.7 Å². The summed E-state index contributed by atoms with van der Waals surface area (Å²) in [5.41, 5.74) is 0. The standard InChI is InChI=1S/C18H9Cl6S.F5P.FH/c19-10-1-4-16(13(22)7-10)25(17-5-2-11(20)8-14(17)23)18-6-3-12(21)9-15(18)24;1-6(2,3,4)5;/h1-9H;;1H/q+1;;/p-1. The first-order valence-electron chi connectivity index (χ1n) is 7.81. The van der Waals surface area contributed by atoms with Crippen LogP contribution in [0.5, 0.6) is 0 Å². The molecule has 0 amide bonds. The molecule has 0 spiro atoms. The summed E-state index contributed by atoms with van der Waals surface area (Å²) in [7, 11) is -9.20. The molecule has 0 aliphatic carbocycles. The maximum atomic E-state index is 9.84. The van der Waals surface area contributed by atoms with Gasteiger partial charge < -0.3 is 4.70 Å². The number of hydrogen-bond donors (Lipinski definition) is 0. The second-order valence-corrected chi connectivity index (χ2v) is 11.4. The van der Waals surface area contributed by atoms with E-state index < -0.39 is 19.1 Å². The van der Waals surface area contributed by atoms with Gasteiger partial charge in [0, 0.05) is 15.1 Å². The van der Waals surface area contributed by atoms with Crippen LogP contribution in [-0.2, 0) is 10.9 Å². The van der Waals surface area contributed by atoms with Gasteiger partial charge in [-0.25, -0.2) is 0 Å². The van der Waals surface area contributed by atoms with E-state index in [0.29, 0.717) is 30.1 Å². The summed E-state index contributed by atoms with van der Waals surface area (Å²) < 4.78 is 49.2. The molecule has 3 rings (SSSR count). The van der Waals surface area contributed by atoms with Crippen LogP contribution < -0.4 is 4.70 Å². The second kappa shape index (κ2) is 11.5. The van der Waals surface area contributed by atoms with Gasteiger partial charge >= 0.3 is 29.1 Å². The number of hydrogen-bond acceptors (Lipinski definition) is 0. The van der Waals surface area contributed by atoms with Crippen LogP contribution in [0.4, 0.5) is 21.0 Å². The van der Waals surface area contributed by atoms with Crippen molar-refractivity contribution in [2.75, 3.05) is 0 Å². The van der Waals surface area contributed by atoms with Crippen LogP contribution in [-0.4, -0.2) is 0 Å². The Labute approximate surface area is 212 Å². The smallest absolute Gasteiger partial charge is 1.00 e. The van der Waals surface area contributed by atoms with Crippen molar-refractivity contribution in [3.63, 3.8) is 0 Å². The monoisotopic (exact) mass is 612 g/mol. The predicted molar refractivity (Wildman–Crippen MR) is 124 cm³/mol. The van der Waals surface area contributed by atoms with Gasteiger partial charge in [-0.1, -0.05) is 69.6 Å². The van der Waals surface area contributed by atoms with Gasteiger partial charge in [0.05, 0.1) is 15.1 Å². The van der Waals surface area contributed by atoms with Crippen LogP contribution >= 0.6 is 77.8 Å². The van der Waals surface area contributed by atoms with Crippen LogP contribution in [0.15, 0.2) is 69.3 Å². The minimum Gasteiger partial charge on any atom is -1.00 e. The Balaban J connectivity index is 0.000000648. The Hall–Kier alpha value is -0.240. The van der Waals surface area contributed by atoms with E-state index in [4.69, 9.17) is 69.6 Å². The molecule has 14 heteroatoms. The molecule has 0 saturated heterocycles. The summed E-state index contributed by atoms with van der Waals surface area (Å²) in [5.74, 6) is 0. The van der Waals surface area contributed by atoms with E-state index in [-0.39, 0.29) is 4.70 Å². The summed E-state index contributed by atoms with van der Waals surface area (Å²) in [6.45, 7) is 0. The summed E-state index contributed by atoms with van der Waals surface area (Å²) >= 11 is 37.6. The maximum absolute atomic E-state index is 9.84. The fourth-order valence-corrected chi connectivity index (χ4v) is 6.28. The third kappa shape index (κ3) is 9.55. The fourth-order valence-electron chi connectivity index (χ4n) is 2.28. The van der Waals surface area contributed by atoms with Crippen LogP contribution in [0.1, 0.15) is 0 Å². The molecule has 0 saturated carbocycles. The molecule has 0 radical (unpaired) electrons. The zero-order valence-electron chi connectivity index (χ0n) is 15.1. The van der Waals surface area contributed by atoms with Gasteiger partial charge in [-0.2, -0.15) is 0 Å². The molecule has 0 unspecified atom stereocenters. The Kier molecular flexibility index (Phi) is 10.7. The number of halogens is 12. The Morgan fingerprint density at radius 3 is 0.906 bits per heavy atom. The Bertz CT molecular complexity index is 970. The van der Waals surface area contributed by atoms with Gasteiger partial charge in [0.15, 0.2) is 14.7 Å². The van der Waals surface area contributed by atoms with E-state index in [1.807, 2.05) is 18.2 Å². The molecular formula is C18H9Cl6F6PS. The minimum atomic E-state index is -8.55. The quantitative estimate of drug-likeness (QED) is 0.157. The summed E-state index contributed by atoms with van der Waals surface area (Å²) in [5, 5.41) is 3.28. The molecule has 176 valence electrons. The molecule has 0 aliphatic heterocycles. The maximum Gasteiger partial charge on any atom is -1.00 e. The van der Waals surface area contributed by atoms with Crippen molar-refractivity contribution in [1.29, 1.82) is 0 Å². The SMILES string of the molecule is Clc1ccc([S+](c2ccc(Cl)cc2Cl)c2ccc(Cl)cc2Cl)c(Cl)c1.FP(F)(F)(F)F.[F-]. The summed E-state index contributed by atoms with van der Waals surface area (Å²) in [4.78, 5) is 2.58. The minimum absolute atomic E-state index is 0. The molecule has 0 aliphatic rings. The predicted octanol–water partition coefficient (Wildman–Crippen LogP) is 8.67. The molecular weight excluding hydrogens is 606 g/mol.